The molecule has 29 heavy (non-hydrogen) atoms. The number of para-hydroxylation sites is 2. The van der Waals surface area contributed by atoms with E-state index in [1.807, 2.05) is 19.2 Å². The number of methoxy groups -OCH3 is 1. The third-order valence-corrected chi connectivity index (χ3v) is 5.62. The van der Waals surface area contributed by atoms with Gasteiger partial charge in [0.2, 0.25) is 0 Å². The maximum Gasteiger partial charge on any atom is 0.194 e. The zero-order valence-electron chi connectivity index (χ0n) is 18.0. The fourth-order valence-electron chi connectivity index (χ4n) is 3.86. The highest BCUT2D eigenvalue weighted by Gasteiger charge is 2.22. The van der Waals surface area contributed by atoms with Gasteiger partial charge in [0.15, 0.2) is 11.7 Å². The van der Waals surface area contributed by atoms with Crippen molar-refractivity contribution in [3.8, 4) is 5.75 Å². The van der Waals surface area contributed by atoms with Crippen LogP contribution in [0.1, 0.15) is 44.1 Å². The van der Waals surface area contributed by atoms with Gasteiger partial charge in [-0.25, -0.2) is 0 Å². The lowest BCUT2D eigenvalue weighted by atomic mass is 9.99. The predicted molar refractivity (Wildman–Crippen MR) is 117 cm³/mol. The van der Waals surface area contributed by atoms with Gasteiger partial charge in [0, 0.05) is 45.2 Å². The Morgan fingerprint density at radius 2 is 1.93 bits per heavy atom. The predicted octanol–water partition coefficient (Wildman–Crippen LogP) is 3.48. The molecule has 0 bridgehead atoms. The van der Waals surface area contributed by atoms with E-state index in [0.29, 0.717) is 12.5 Å². The number of piperazine rings is 1. The zero-order chi connectivity index (χ0) is 20.6. The lowest BCUT2D eigenvalue weighted by Crippen LogP contribution is -2.52. The third-order valence-electron chi connectivity index (χ3n) is 5.62. The van der Waals surface area contributed by atoms with Gasteiger partial charge < -0.3 is 24.4 Å². The maximum atomic E-state index is 5.52. The summed E-state index contributed by atoms with van der Waals surface area (Å²) in [5.74, 6) is 3.13. The first kappa shape index (κ1) is 21.0. The molecule has 1 aliphatic heterocycles. The maximum absolute atomic E-state index is 5.52. The number of aromatic nitrogens is 1. The molecule has 2 heterocycles. The number of hydrogen-bond acceptors (Lipinski definition) is 5. The standard InChI is InChI=1S/C22H33N5O2/c1-5-17(6-2)19-15-18(29-25-19)16-24-22(23-3)27-13-11-26(12-14-27)20-9-7-8-10-21(20)28-4/h7-10,15,17H,5-6,11-14,16H2,1-4H3,(H,23,24). The number of anilines is 1. The molecule has 0 saturated carbocycles. The van der Waals surface area contributed by atoms with Crippen molar-refractivity contribution in [3.63, 3.8) is 0 Å². The molecule has 0 unspecified atom stereocenters. The second-order valence-corrected chi connectivity index (χ2v) is 7.28. The number of nitrogens with zero attached hydrogens (tertiary/aromatic N) is 4. The van der Waals surface area contributed by atoms with Crippen molar-refractivity contribution in [1.82, 2.24) is 15.4 Å². The van der Waals surface area contributed by atoms with Crippen molar-refractivity contribution in [1.29, 1.82) is 0 Å². The van der Waals surface area contributed by atoms with Gasteiger partial charge in [-0.15, -0.1) is 0 Å². The van der Waals surface area contributed by atoms with Crippen LogP contribution in [-0.4, -0.2) is 56.4 Å². The normalized spacial score (nSPS) is 15.1. The average Bonchev–Trinajstić information content (AvgIpc) is 3.24. The fraction of sp³-hybridized carbons (Fsp3) is 0.545. The Balaban J connectivity index is 1.54. The third kappa shape index (κ3) is 5.02. The van der Waals surface area contributed by atoms with Gasteiger partial charge in [-0.1, -0.05) is 31.1 Å². The van der Waals surface area contributed by atoms with Gasteiger partial charge in [0.1, 0.15) is 5.75 Å². The van der Waals surface area contributed by atoms with Crippen LogP contribution >= 0.6 is 0 Å². The molecule has 0 aliphatic carbocycles. The van der Waals surface area contributed by atoms with Gasteiger partial charge >= 0.3 is 0 Å². The summed E-state index contributed by atoms with van der Waals surface area (Å²) in [5.41, 5.74) is 2.19. The molecule has 0 amide bonds. The van der Waals surface area contributed by atoms with E-state index >= 15 is 0 Å². The number of guanidine groups is 1. The lowest BCUT2D eigenvalue weighted by Gasteiger charge is -2.38. The Morgan fingerprint density at radius 1 is 1.21 bits per heavy atom. The van der Waals surface area contributed by atoms with Gasteiger partial charge in [-0.2, -0.15) is 0 Å². The van der Waals surface area contributed by atoms with Crippen LogP contribution in [0.5, 0.6) is 5.75 Å². The average molecular weight is 400 g/mol. The molecule has 7 nitrogen and oxygen atoms in total. The van der Waals surface area contributed by atoms with Crippen LogP contribution in [0.25, 0.3) is 0 Å². The van der Waals surface area contributed by atoms with Crippen molar-refractivity contribution in [2.45, 2.75) is 39.2 Å². The molecule has 2 aromatic rings. The summed E-state index contributed by atoms with van der Waals surface area (Å²) in [5, 5.41) is 7.67. The van der Waals surface area contributed by atoms with Crippen molar-refractivity contribution in [2.75, 3.05) is 45.2 Å². The molecular formula is C22H33N5O2. The Labute approximate surface area is 173 Å². The number of aliphatic imine (C=N–C) groups is 1. The Kier molecular flexibility index (Phi) is 7.38. The van der Waals surface area contributed by atoms with E-state index in [1.54, 1.807) is 7.11 Å². The van der Waals surface area contributed by atoms with Gasteiger partial charge in [0.05, 0.1) is 25.0 Å². The summed E-state index contributed by atoms with van der Waals surface area (Å²) < 4.78 is 11.0. The summed E-state index contributed by atoms with van der Waals surface area (Å²) >= 11 is 0. The number of rotatable bonds is 7. The highest BCUT2D eigenvalue weighted by molar-refractivity contribution is 5.80. The molecule has 3 rings (SSSR count). The largest absolute Gasteiger partial charge is 0.495 e. The van der Waals surface area contributed by atoms with Gasteiger partial charge in [-0.3, -0.25) is 4.99 Å². The van der Waals surface area contributed by atoms with Crippen molar-refractivity contribution in [2.24, 2.45) is 4.99 Å². The van der Waals surface area contributed by atoms with E-state index in [4.69, 9.17) is 9.26 Å². The monoisotopic (exact) mass is 399 g/mol. The van der Waals surface area contributed by atoms with Crippen molar-refractivity contribution < 1.29 is 9.26 Å². The molecule has 158 valence electrons. The van der Waals surface area contributed by atoms with Crippen LogP contribution in [0, 0.1) is 0 Å². The van der Waals surface area contributed by atoms with Crippen LogP contribution in [0.3, 0.4) is 0 Å². The number of benzene rings is 1. The number of ether oxygens (including phenoxy) is 1. The Bertz CT molecular complexity index is 792. The van der Waals surface area contributed by atoms with Crippen molar-refractivity contribution in [3.05, 3.63) is 41.8 Å². The Morgan fingerprint density at radius 3 is 2.59 bits per heavy atom. The van der Waals surface area contributed by atoms with Gasteiger partial charge in [0.25, 0.3) is 0 Å². The second kappa shape index (κ2) is 10.2. The minimum atomic E-state index is 0.467. The summed E-state index contributed by atoms with van der Waals surface area (Å²) in [4.78, 5) is 9.10. The van der Waals surface area contributed by atoms with Crippen LogP contribution < -0.4 is 15.0 Å². The summed E-state index contributed by atoms with van der Waals surface area (Å²) in [6.45, 7) is 8.60. The first-order valence-electron chi connectivity index (χ1n) is 10.5. The summed E-state index contributed by atoms with van der Waals surface area (Å²) in [6, 6.07) is 10.2. The van der Waals surface area contributed by atoms with Crippen LogP contribution in [0.15, 0.2) is 39.8 Å². The highest BCUT2D eigenvalue weighted by atomic mass is 16.5. The van der Waals surface area contributed by atoms with E-state index in [2.05, 4.69) is 57.3 Å². The quantitative estimate of drug-likeness (QED) is 0.568. The zero-order valence-corrected chi connectivity index (χ0v) is 18.0. The molecule has 0 radical (unpaired) electrons. The second-order valence-electron chi connectivity index (χ2n) is 7.28. The van der Waals surface area contributed by atoms with Crippen LogP contribution in [0.2, 0.25) is 0 Å². The first-order chi connectivity index (χ1) is 14.2. The van der Waals surface area contributed by atoms with Gasteiger partial charge in [-0.05, 0) is 25.0 Å². The lowest BCUT2D eigenvalue weighted by molar-refractivity contribution is 0.351. The minimum absolute atomic E-state index is 0.467. The highest BCUT2D eigenvalue weighted by Crippen LogP contribution is 2.28. The first-order valence-corrected chi connectivity index (χ1v) is 10.5. The topological polar surface area (TPSA) is 66.1 Å². The van der Waals surface area contributed by atoms with Crippen LogP contribution in [-0.2, 0) is 6.54 Å². The van der Waals surface area contributed by atoms with E-state index in [-0.39, 0.29) is 0 Å². The van der Waals surface area contributed by atoms with E-state index in [1.165, 1.54) is 0 Å². The molecular weight excluding hydrogens is 366 g/mol. The van der Waals surface area contributed by atoms with E-state index < -0.39 is 0 Å². The number of nitrogens with one attached hydrogen (secondary N) is 1. The summed E-state index contributed by atoms with van der Waals surface area (Å²) in [7, 11) is 3.55. The molecule has 0 spiro atoms. The minimum Gasteiger partial charge on any atom is -0.495 e. The molecule has 1 aliphatic rings. The molecule has 1 aromatic carbocycles. The molecule has 1 fully saturated rings. The number of hydrogen-bond donors (Lipinski definition) is 1. The van der Waals surface area contributed by atoms with Crippen LogP contribution in [0.4, 0.5) is 5.69 Å². The molecule has 1 N–H and O–H groups in total. The SMILES string of the molecule is CCC(CC)c1cc(CNC(=NC)N2CCN(c3ccccc3OC)CC2)on1. The van der Waals surface area contributed by atoms with E-state index in [9.17, 15) is 0 Å². The Hall–Kier alpha value is -2.70. The van der Waals surface area contributed by atoms with E-state index in [0.717, 1.165) is 67.9 Å². The molecule has 1 saturated heterocycles. The fourth-order valence-corrected chi connectivity index (χ4v) is 3.86. The molecule has 7 heteroatoms. The molecule has 1 aromatic heterocycles. The summed E-state index contributed by atoms with van der Waals surface area (Å²) in [6.07, 6.45) is 2.15. The van der Waals surface area contributed by atoms with Crippen molar-refractivity contribution >= 4 is 11.6 Å². The molecule has 0 atom stereocenters. The smallest absolute Gasteiger partial charge is 0.194 e.